The van der Waals surface area contributed by atoms with Gasteiger partial charge in [0.05, 0.1) is 5.75 Å². The van der Waals surface area contributed by atoms with Crippen molar-refractivity contribution >= 4 is 27.6 Å². The number of thioether (sulfide) groups is 1. The zero-order chi connectivity index (χ0) is 11.2. The van der Waals surface area contributed by atoms with Gasteiger partial charge >= 0.3 is 5.97 Å². The molecule has 0 aliphatic carbocycles. The summed E-state index contributed by atoms with van der Waals surface area (Å²) in [4.78, 5) is 10.7. The van der Waals surface area contributed by atoms with Crippen molar-refractivity contribution in [2.75, 3.05) is 17.8 Å². The van der Waals surface area contributed by atoms with Crippen molar-refractivity contribution in [2.24, 2.45) is 0 Å². The van der Waals surface area contributed by atoms with Gasteiger partial charge in [-0.1, -0.05) is 13.3 Å². The van der Waals surface area contributed by atoms with Gasteiger partial charge in [-0.3, -0.25) is 4.79 Å². The molecule has 1 N–H and O–H groups in total. The van der Waals surface area contributed by atoms with E-state index in [-0.39, 0.29) is 5.75 Å². The summed E-state index contributed by atoms with van der Waals surface area (Å²) < 4.78 is 21.6. The molecule has 0 aromatic heterocycles. The molecule has 0 aromatic carbocycles. The predicted molar refractivity (Wildman–Crippen MR) is 58.5 cm³/mol. The Hall–Kier alpha value is -0.230. The third kappa shape index (κ3) is 7.20. The first-order valence-corrected chi connectivity index (χ1v) is 7.50. The molecule has 1 unspecified atom stereocenters. The third-order valence-corrected chi connectivity index (χ3v) is 4.08. The van der Waals surface area contributed by atoms with Crippen molar-refractivity contribution in [3.63, 3.8) is 0 Å². The Labute approximate surface area is 89.0 Å². The van der Waals surface area contributed by atoms with Gasteiger partial charge in [0.15, 0.2) is 0 Å². The fraction of sp³-hybridized carbons (Fsp3) is 0.875. The quantitative estimate of drug-likeness (QED) is 0.719. The molecule has 0 spiro atoms. The lowest BCUT2D eigenvalue weighted by molar-refractivity contribution is -0.136. The van der Waals surface area contributed by atoms with Gasteiger partial charge in [-0.15, -0.1) is 11.8 Å². The van der Waals surface area contributed by atoms with Crippen LogP contribution < -0.4 is 0 Å². The number of sulfone groups is 1. The molecule has 0 fully saturated rings. The van der Waals surface area contributed by atoms with Crippen molar-refractivity contribution in [3.8, 4) is 0 Å². The van der Waals surface area contributed by atoms with Crippen LogP contribution in [0.3, 0.4) is 0 Å². The maximum atomic E-state index is 10.8. The lowest BCUT2D eigenvalue weighted by Crippen LogP contribution is -2.18. The highest BCUT2D eigenvalue weighted by molar-refractivity contribution is 8.01. The Morgan fingerprint density at radius 1 is 1.50 bits per heavy atom. The van der Waals surface area contributed by atoms with Gasteiger partial charge in [0.2, 0.25) is 0 Å². The van der Waals surface area contributed by atoms with Gasteiger partial charge < -0.3 is 5.11 Å². The number of carboxylic acids is 1. The molecule has 0 amide bonds. The summed E-state index contributed by atoms with van der Waals surface area (Å²) in [7, 11) is -2.97. The molecule has 4 nitrogen and oxygen atoms in total. The first kappa shape index (κ1) is 13.8. The second kappa shape index (κ2) is 6.29. The molecular formula is C8H16O4S2. The van der Waals surface area contributed by atoms with Crippen LogP contribution in [0.2, 0.25) is 0 Å². The van der Waals surface area contributed by atoms with E-state index in [1.54, 1.807) is 0 Å². The van der Waals surface area contributed by atoms with E-state index in [2.05, 4.69) is 0 Å². The molecule has 0 rings (SSSR count). The molecule has 0 aliphatic heterocycles. The minimum absolute atomic E-state index is 0.0468. The largest absolute Gasteiger partial charge is 0.480 e. The first-order valence-electron chi connectivity index (χ1n) is 4.39. The Kier molecular flexibility index (Phi) is 6.19. The van der Waals surface area contributed by atoms with Crippen LogP contribution in [0.1, 0.15) is 19.8 Å². The second-order valence-electron chi connectivity index (χ2n) is 3.12. The summed E-state index contributed by atoms with van der Waals surface area (Å²) in [5.41, 5.74) is 0. The maximum absolute atomic E-state index is 10.8. The second-order valence-corrected chi connectivity index (χ2v) is 6.69. The summed E-state index contributed by atoms with van der Waals surface area (Å²) in [5.74, 6) is -0.452. The molecular weight excluding hydrogens is 224 g/mol. The predicted octanol–water partition coefficient (Wildman–Crippen LogP) is 1.02. The maximum Gasteiger partial charge on any atom is 0.316 e. The monoisotopic (exact) mass is 240 g/mol. The standard InChI is InChI=1S/C8H16O4S2/c1-3-4-7(8(9)10)13-5-6-14(2,11)12/h7H,3-6H2,1-2H3,(H,9,10). The van der Waals surface area contributed by atoms with Crippen LogP contribution in [0.4, 0.5) is 0 Å². The van der Waals surface area contributed by atoms with Gasteiger partial charge in [0.1, 0.15) is 15.1 Å². The summed E-state index contributed by atoms with van der Waals surface area (Å²) in [6, 6.07) is 0. The molecule has 0 aliphatic rings. The van der Waals surface area contributed by atoms with Gasteiger partial charge in [-0.05, 0) is 6.42 Å². The first-order chi connectivity index (χ1) is 6.37. The summed E-state index contributed by atoms with van der Waals surface area (Å²) in [6.07, 6.45) is 2.54. The number of hydrogen-bond donors (Lipinski definition) is 1. The van der Waals surface area contributed by atoms with Crippen LogP contribution in [0, 0.1) is 0 Å². The molecule has 0 bridgehead atoms. The molecule has 0 saturated heterocycles. The van der Waals surface area contributed by atoms with Crippen LogP contribution in [0.25, 0.3) is 0 Å². The zero-order valence-electron chi connectivity index (χ0n) is 8.39. The molecule has 0 aromatic rings. The highest BCUT2D eigenvalue weighted by Crippen LogP contribution is 2.16. The van der Waals surface area contributed by atoms with E-state index in [0.29, 0.717) is 12.2 Å². The van der Waals surface area contributed by atoms with E-state index in [9.17, 15) is 13.2 Å². The highest BCUT2D eigenvalue weighted by atomic mass is 32.2. The fourth-order valence-electron chi connectivity index (χ4n) is 0.882. The molecule has 0 heterocycles. The third-order valence-electron chi connectivity index (χ3n) is 1.60. The van der Waals surface area contributed by atoms with E-state index < -0.39 is 21.1 Å². The van der Waals surface area contributed by atoms with Crippen molar-refractivity contribution in [2.45, 2.75) is 25.0 Å². The summed E-state index contributed by atoms with van der Waals surface area (Å²) >= 11 is 1.20. The Morgan fingerprint density at radius 3 is 2.43 bits per heavy atom. The van der Waals surface area contributed by atoms with Crippen LogP contribution >= 0.6 is 11.8 Å². The molecule has 6 heteroatoms. The van der Waals surface area contributed by atoms with Gasteiger partial charge in [-0.25, -0.2) is 8.42 Å². The average molecular weight is 240 g/mol. The molecule has 0 radical (unpaired) electrons. The lowest BCUT2D eigenvalue weighted by Gasteiger charge is -2.09. The number of carboxylic acid groups (broad SMARTS) is 1. The number of hydrogen-bond acceptors (Lipinski definition) is 4. The average Bonchev–Trinajstić information content (AvgIpc) is 2.00. The van der Waals surface area contributed by atoms with Crippen LogP contribution in [0.5, 0.6) is 0 Å². The SMILES string of the molecule is CCCC(SCCS(C)(=O)=O)C(=O)O. The Morgan fingerprint density at radius 2 is 2.07 bits per heavy atom. The molecule has 84 valence electrons. The summed E-state index contributed by atoms with van der Waals surface area (Å²) in [6.45, 7) is 1.91. The minimum Gasteiger partial charge on any atom is -0.480 e. The Balaban J connectivity index is 3.89. The summed E-state index contributed by atoms with van der Waals surface area (Å²) in [5, 5.41) is 8.29. The van der Waals surface area contributed by atoms with Gasteiger partial charge in [-0.2, -0.15) is 0 Å². The minimum atomic E-state index is -2.97. The van der Waals surface area contributed by atoms with E-state index in [1.807, 2.05) is 6.92 Å². The number of aliphatic carboxylic acids is 1. The fourth-order valence-corrected chi connectivity index (χ4v) is 3.31. The van der Waals surface area contributed by atoms with Crippen molar-refractivity contribution in [1.82, 2.24) is 0 Å². The van der Waals surface area contributed by atoms with E-state index in [1.165, 1.54) is 11.8 Å². The molecule has 0 saturated carbocycles. The molecule has 1 atom stereocenters. The normalized spacial score (nSPS) is 13.9. The lowest BCUT2D eigenvalue weighted by atomic mass is 10.2. The van der Waals surface area contributed by atoms with E-state index in [0.717, 1.165) is 12.7 Å². The van der Waals surface area contributed by atoms with Crippen molar-refractivity contribution in [3.05, 3.63) is 0 Å². The van der Waals surface area contributed by atoms with Crippen LogP contribution in [-0.2, 0) is 14.6 Å². The van der Waals surface area contributed by atoms with Crippen molar-refractivity contribution in [1.29, 1.82) is 0 Å². The smallest absolute Gasteiger partial charge is 0.316 e. The zero-order valence-corrected chi connectivity index (χ0v) is 10.0. The molecule has 14 heavy (non-hydrogen) atoms. The number of carbonyl (C=O) groups is 1. The number of rotatable bonds is 7. The highest BCUT2D eigenvalue weighted by Gasteiger charge is 2.17. The van der Waals surface area contributed by atoms with Gasteiger partial charge in [0, 0.05) is 12.0 Å². The Bertz CT molecular complexity index is 271. The van der Waals surface area contributed by atoms with Crippen LogP contribution in [0.15, 0.2) is 0 Å². The van der Waals surface area contributed by atoms with E-state index in [4.69, 9.17) is 5.11 Å². The van der Waals surface area contributed by atoms with Crippen LogP contribution in [-0.4, -0.2) is 42.5 Å². The van der Waals surface area contributed by atoms with E-state index >= 15 is 0 Å². The van der Waals surface area contributed by atoms with Crippen molar-refractivity contribution < 1.29 is 18.3 Å². The topological polar surface area (TPSA) is 71.4 Å². The van der Waals surface area contributed by atoms with Gasteiger partial charge in [0.25, 0.3) is 0 Å².